The quantitative estimate of drug-likeness (QED) is 0.859. The van der Waals surface area contributed by atoms with E-state index in [-0.39, 0.29) is 17.9 Å². The van der Waals surface area contributed by atoms with Crippen LogP contribution < -0.4 is 5.32 Å². The highest BCUT2D eigenvalue weighted by atomic mass is 19.3. The van der Waals surface area contributed by atoms with Crippen molar-refractivity contribution in [1.29, 1.82) is 0 Å². The van der Waals surface area contributed by atoms with Gasteiger partial charge in [0.15, 0.2) is 0 Å². The monoisotopic (exact) mass is 290 g/mol. The zero-order valence-corrected chi connectivity index (χ0v) is 12.3. The molecule has 2 heterocycles. The lowest BCUT2D eigenvalue weighted by Crippen LogP contribution is -2.58. The van der Waals surface area contributed by atoms with Crippen molar-refractivity contribution in [2.45, 2.75) is 44.6 Å². The molecular weight excluding hydrogens is 266 g/mol. The van der Waals surface area contributed by atoms with Crippen molar-refractivity contribution in [2.24, 2.45) is 5.92 Å². The fraction of sp³-hybridized carbons (Fsp3) is 0.929. The second kappa shape index (κ2) is 5.93. The smallest absolute Gasteiger partial charge is 0.325 e. The fourth-order valence-corrected chi connectivity index (χ4v) is 2.98. The first-order chi connectivity index (χ1) is 9.35. The van der Waals surface area contributed by atoms with E-state index in [4.69, 9.17) is 4.74 Å². The summed E-state index contributed by atoms with van der Waals surface area (Å²) in [4.78, 5) is 13.2. The zero-order valence-electron chi connectivity index (χ0n) is 12.3. The van der Waals surface area contributed by atoms with Crippen LogP contribution in [0.3, 0.4) is 0 Å². The number of carbonyl (C=O) groups is 1. The van der Waals surface area contributed by atoms with E-state index < -0.39 is 11.8 Å². The number of nitrogens with one attached hydrogen (secondary N) is 1. The van der Waals surface area contributed by atoms with Crippen LogP contribution >= 0.6 is 0 Å². The van der Waals surface area contributed by atoms with Gasteiger partial charge in [-0.05, 0) is 18.8 Å². The Morgan fingerprint density at radius 2 is 2.05 bits per heavy atom. The molecule has 1 amide bonds. The summed E-state index contributed by atoms with van der Waals surface area (Å²) in [5, 5.41) is 3.27. The average molecular weight is 290 g/mol. The van der Waals surface area contributed by atoms with Crippen LogP contribution in [0, 0.1) is 5.92 Å². The van der Waals surface area contributed by atoms with Gasteiger partial charge in [-0.15, -0.1) is 0 Å². The van der Waals surface area contributed by atoms with Crippen LogP contribution in [-0.2, 0) is 9.53 Å². The maximum Gasteiger partial charge on any atom is 0.325 e. The molecule has 0 aliphatic carbocycles. The summed E-state index contributed by atoms with van der Waals surface area (Å²) < 4.78 is 33.5. The largest absolute Gasteiger partial charge is 0.372 e. The number of ether oxygens (including phenoxy) is 1. The Morgan fingerprint density at radius 1 is 1.40 bits per heavy atom. The Labute approximate surface area is 118 Å². The predicted octanol–water partition coefficient (Wildman–Crippen LogP) is 1.65. The molecule has 2 saturated heterocycles. The minimum Gasteiger partial charge on any atom is -0.372 e. The zero-order chi connectivity index (χ0) is 14.8. The first kappa shape index (κ1) is 15.6. The second-order valence-electron chi connectivity index (χ2n) is 6.30. The molecule has 2 fully saturated rings. The molecule has 20 heavy (non-hydrogen) atoms. The molecule has 0 radical (unpaired) electrons. The minimum absolute atomic E-state index is 0.198. The summed E-state index contributed by atoms with van der Waals surface area (Å²) >= 11 is 0. The highest BCUT2D eigenvalue weighted by Gasteiger charge is 2.45. The van der Waals surface area contributed by atoms with Crippen LogP contribution in [-0.4, -0.2) is 55.1 Å². The highest BCUT2D eigenvalue weighted by Crippen LogP contribution is 2.31. The second-order valence-corrected chi connectivity index (χ2v) is 6.30. The van der Waals surface area contributed by atoms with E-state index >= 15 is 0 Å². The first-order valence-corrected chi connectivity index (χ1v) is 7.37. The number of likely N-dealkylation sites (tertiary alicyclic amines) is 1. The maximum absolute atomic E-state index is 13.9. The lowest BCUT2D eigenvalue weighted by atomic mass is 9.89. The Bertz CT molecular complexity index is 345. The van der Waals surface area contributed by atoms with E-state index in [1.54, 1.807) is 13.8 Å². The van der Waals surface area contributed by atoms with Crippen molar-refractivity contribution in [3.63, 3.8) is 0 Å². The van der Waals surface area contributed by atoms with Crippen molar-refractivity contribution in [3.8, 4) is 0 Å². The van der Waals surface area contributed by atoms with Crippen LogP contribution in [0.5, 0.6) is 0 Å². The number of hydrogen-bond donors (Lipinski definition) is 1. The van der Waals surface area contributed by atoms with Crippen molar-refractivity contribution in [3.05, 3.63) is 0 Å². The molecule has 2 aliphatic heterocycles. The van der Waals surface area contributed by atoms with Gasteiger partial charge in [-0.3, -0.25) is 4.79 Å². The first-order valence-electron chi connectivity index (χ1n) is 7.37. The van der Waals surface area contributed by atoms with E-state index in [0.29, 0.717) is 32.5 Å². The third kappa shape index (κ3) is 3.47. The minimum atomic E-state index is -3.25. The molecule has 1 spiro atoms. The van der Waals surface area contributed by atoms with Crippen LogP contribution in [0.2, 0.25) is 0 Å². The number of morpholine rings is 1. The Kier molecular flexibility index (Phi) is 4.64. The summed E-state index contributed by atoms with van der Waals surface area (Å²) in [5.74, 6) is -4.47. The molecule has 2 rings (SSSR count). The molecule has 6 heteroatoms. The Morgan fingerprint density at radius 3 is 2.55 bits per heavy atom. The lowest BCUT2D eigenvalue weighted by Gasteiger charge is -2.44. The van der Waals surface area contributed by atoms with Gasteiger partial charge in [0.05, 0.1) is 12.2 Å². The summed E-state index contributed by atoms with van der Waals surface area (Å²) in [5.41, 5.74) is -0.262. The van der Waals surface area contributed by atoms with Crippen LogP contribution in [0.4, 0.5) is 8.78 Å². The number of rotatable bonds is 3. The molecule has 0 bridgehead atoms. The number of carbonyl (C=O) groups excluding carboxylic acids is 1. The number of halogens is 2. The van der Waals surface area contributed by atoms with Crippen LogP contribution in [0.1, 0.15) is 33.1 Å². The summed E-state index contributed by atoms with van der Waals surface area (Å²) in [7, 11) is 0. The molecule has 0 atom stereocenters. The predicted molar refractivity (Wildman–Crippen MR) is 71.8 cm³/mol. The number of hydrogen-bond acceptors (Lipinski definition) is 3. The van der Waals surface area contributed by atoms with Crippen LogP contribution in [0.25, 0.3) is 0 Å². The van der Waals surface area contributed by atoms with Gasteiger partial charge >= 0.3 is 5.92 Å². The van der Waals surface area contributed by atoms with Crippen molar-refractivity contribution in [2.75, 3.05) is 32.8 Å². The molecule has 1 N–H and O–H groups in total. The van der Waals surface area contributed by atoms with E-state index in [1.165, 1.54) is 4.90 Å². The van der Waals surface area contributed by atoms with E-state index in [0.717, 1.165) is 13.1 Å². The summed E-state index contributed by atoms with van der Waals surface area (Å²) in [6, 6.07) is 0. The van der Waals surface area contributed by atoms with Gasteiger partial charge < -0.3 is 15.0 Å². The van der Waals surface area contributed by atoms with Gasteiger partial charge in [0.1, 0.15) is 0 Å². The molecule has 116 valence electrons. The third-order valence-electron chi connectivity index (χ3n) is 4.07. The summed E-state index contributed by atoms with van der Waals surface area (Å²) in [6.45, 7) is 6.34. The van der Waals surface area contributed by atoms with Gasteiger partial charge in [-0.25, -0.2) is 0 Å². The standard InChI is InChI=1S/C14H24F2N2O2/c1-11(2)9-14(15,16)12(19)18-6-3-13(4-7-18)10-17-5-8-20-13/h11,17H,3-10H2,1-2H3. The van der Waals surface area contributed by atoms with Crippen molar-refractivity contribution in [1.82, 2.24) is 10.2 Å². The molecule has 0 saturated carbocycles. The molecule has 4 nitrogen and oxygen atoms in total. The number of piperidine rings is 1. The molecule has 0 aromatic carbocycles. The van der Waals surface area contributed by atoms with E-state index in [9.17, 15) is 13.6 Å². The SMILES string of the molecule is CC(C)CC(F)(F)C(=O)N1CCC2(CC1)CNCCO2. The number of nitrogens with zero attached hydrogens (tertiary/aromatic N) is 1. The number of amides is 1. The lowest BCUT2D eigenvalue weighted by molar-refractivity contribution is -0.166. The van der Waals surface area contributed by atoms with E-state index in [2.05, 4.69) is 5.32 Å². The normalized spacial score (nSPS) is 23.4. The number of alkyl halides is 2. The fourth-order valence-electron chi connectivity index (χ4n) is 2.98. The van der Waals surface area contributed by atoms with Gasteiger partial charge in [0, 0.05) is 32.6 Å². The van der Waals surface area contributed by atoms with Crippen molar-refractivity contribution >= 4 is 5.91 Å². The van der Waals surface area contributed by atoms with Gasteiger partial charge in [-0.1, -0.05) is 13.8 Å². The van der Waals surface area contributed by atoms with Crippen molar-refractivity contribution < 1.29 is 18.3 Å². The van der Waals surface area contributed by atoms with Gasteiger partial charge in [0.2, 0.25) is 0 Å². The topological polar surface area (TPSA) is 41.6 Å². The van der Waals surface area contributed by atoms with Crippen LogP contribution in [0.15, 0.2) is 0 Å². The van der Waals surface area contributed by atoms with E-state index in [1.807, 2.05) is 0 Å². The third-order valence-corrected chi connectivity index (χ3v) is 4.07. The summed E-state index contributed by atoms with van der Waals surface area (Å²) in [6.07, 6.45) is 0.874. The molecule has 0 aromatic heterocycles. The Hall–Kier alpha value is -0.750. The maximum atomic E-state index is 13.9. The Balaban J connectivity index is 1.91. The van der Waals surface area contributed by atoms with Gasteiger partial charge in [0.25, 0.3) is 5.91 Å². The molecule has 2 aliphatic rings. The molecular formula is C14H24F2N2O2. The highest BCUT2D eigenvalue weighted by molar-refractivity contribution is 5.83. The average Bonchev–Trinajstić information content (AvgIpc) is 2.38. The molecule has 0 unspecified atom stereocenters. The molecule has 0 aromatic rings. The van der Waals surface area contributed by atoms with Gasteiger partial charge in [-0.2, -0.15) is 8.78 Å².